The molecule has 1 aliphatic heterocycles. The number of carbonyl (C=O) groups is 2. The normalized spacial score (nSPS) is 16.3. The van der Waals surface area contributed by atoms with Crippen molar-refractivity contribution in [1.82, 2.24) is 5.32 Å². The fraction of sp³-hybridized carbons (Fsp3) is 0.500. The van der Waals surface area contributed by atoms with Crippen molar-refractivity contribution >= 4 is 17.5 Å². The zero-order chi connectivity index (χ0) is 14.5. The molecule has 2 amide bonds. The summed E-state index contributed by atoms with van der Waals surface area (Å²) >= 11 is 0. The molecule has 0 radical (unpaired) electrons. The van der Waals surface area contributed by atoms with Gasteiger partial charge in [-0.2, -0.15) is 0 Å². The Kier molecular flexibility index (Phi) is 4.77. The van der Waals surface area contributed by atoms with E-state index in [2.05, 4.69) is 5.32 Å². The molecule has 1 N–H and O–H groups in total. The molecule has 0 bridgehead atoms. The number of rotatable bonds is 5. The molecule has 1 heterocycles. The lowest BCUT2D eigenvalue weighted by Crippen LogP contribution is -2.33. The van der Waals surface area contributed by atoms with Gasteiger partial charge in [0.05, 0.1) is 6.42 Å². The quantitative estimate of drug-likeness (QED) is 0.895. The summed E-state index contributed by atoms with van der Waals surface area (Å²) in [6.45, 7) is 4.85. The van der Waals surface area contributed by atoms with Crippen molar-refractivity contribution in [3.63, 3.8) is 0 Å². The number of carbonyl (C=O) groups excluding carboxylic acids is 2. The van der Waals surface area contributed by atoms with E-state index < -0.39 is 0 Å². The van der Waals surface area contributed by atoms with E-state index in [4.69, 9.17) is 0 Å². The lowest BCUT2D eigenvalue weighted by molar-refractivity contribution is -0.121. The molecule has 0 spiro atoms. The van der Waals surface area contributed by atoms with Crippen molar-refractivity contribution in [2.45, 2.75) is 45.6 Å². The van der Waals surface area contributed by atoms with Crippen LogP contribution in [0.1, 0.15) is 38.7 Å². The first-order valence-corrected chi connectivity index (χ1v) is 7.29. The zero-order valence-electron chi connectivity index (χ0n) is 12.2. The molecule has 1 saturated heterocycles. The highest BCUT2D eigenvalue weighted by atomic mass is 16.2. The molecule has 108 valence electrons. The van der Waals surface area contributed by atoms with Gasteiger partial charge >= 0.3 is 0 Å². The zero-order valence-corrected chi connectivity index (χ0v) is 12.2. The van der Waals surface area contributed by atoms with Gasteiger partial charge < -0.3 is 10.2 Å². The lowest BCUT2D eigenvalue weighted by Gasteiger charge is -2.16. The van der Waals surface area contributed by atoms with Crippen LogP contribution in [-0.4, -0.2) is 24.4 Å². The van der Waals surface area contributed by atoms with Gasteiger partial charge in [-0.3, -0.25) is 9.59 Å². The van der Waals surface area contributed by atoms with Crippen LogP contribution in [0.5, 0.6) is 0 Å². The topological polar surface area (TPSA) is 49.4 Å². The number of nitrogens with one attached hydrogen (secondary N) is 1. The average Bonchev–Trinajstić information content (AvgIpc) is 2.85. The second-order valence-corrected chi connectivity index (χ2v) is 5.37. The Morgan fingerprint density at radius 2 is 2.05 bits per heavy atom. The monoisotopic (exact) mass is 274 g/mol. The predicted molar refractivity (Wildman–Crippen MR) is 79.6 cm³/mol. The van der Waals surface area contributed by atoms with Gasteiger partial charge in [0.1, 0.15) is 0 Å². The molecular weight excluding hydrogens is 252 g/mol. The number of anilines is 1. The lowest BCUT2D eigenvalue weighted by atomic mass is 10.1. The molecule has 1 aliphatic rings. The summed E-state index contributed by atoms with van der Waals surface area (Å²) in [5.74, 6) is 0.233. The summed E-state index contributed by atoms with van der Waals surface area (Å²) < 4.78 is 0. The summed E-state index contributed by atoms with van der Waals surface area (Å²) in [6, 6.07) is 7.92. The molecular formula is C16H22N2O2. The van der Waals surface area contributed by atoms with Gasteiger partial charge in [-0.25, -0.2) is 0 Å². The molecule has 1 aromatic carbocycles. The van der Waals surface area contributed by atoms with Gasteiger partial charge in [0.2, 0.25) is 11.8 Å². The number of nitrogens with zero attached hydrogens (tertiary/aromatic N) is 1. The standard InChI is InChI=1S/C16H22N2O2/c1-3-12(2)17-15(19)11-13-6-8-14(9-7-13)18-10-4-5-16(18)20/h6-9,12H,3-5,10-11H2,1-2H3,(H,17,19)/t12-/m1/s1. The molecule has 4 heteroatoms. The average molecular weight is 274 g/mol. The van der Waals surface area contributed by atoms with E-state index in [9.17, 15) is 9.59 Å². The number of benzene rings is 1. The van der Waals surface area contributed by atoms with E-state index in [1.165, 1.54) is 0 Å². The Morgan fingerprint density at radius 3 is 2.60 bits per heavy atom. The Hall–Kier alpha value is -1.84. The van der Waals surface area contributed by atoms with Crippen LogP contribution in [0, 0.1) is 0 Å². The summed E-state index contributed by atoms with van der Waals surface area (Å²) in [7, 11) is 0. The minimum absolute atomic E-state index is 0.0457. The molecule has 1 atom stereocenters. The van der Waals surface area contributed by atoms with E-state index in [-0.39, 0.29) is 17.9 Å². The second kappa shape index (κ2) is 6.55. The third-order valence-corrected chi connectivity index (χ3v) is 3.71. The van der Waals surface area contributed by atoms with Gasteiger partial charge in [-0.1, -0.05) is 19.1 Å². The summed E-state index contributed by atoms with van der Waals surface area (Å²) in [6.07, 6.45) is 2.89. The number of amides is 2. The Morgan fingerprint density at radius 1 is 1.35 bits per heavy atom. The van der Waals surface area contributed by atoms with Crippen molar-refractivity contribution in [3.05, 3.63) is 29.8 Å². The van der Waals surface area contributed by atoms with E-state index in [1.807, 2.05) is 43.0 Å². The van der Waals surface area contributed by atoms with Gasteiger partial charge in [0, 0.05) is 24.7 Å². The first-order chi connectivity index (χ1) is 9.60. The summed E-state index contributed by atoms with van der Waals surface area (Å²) in [5, 5.41) is 2.95. The van der Waals surface area contributed by atoms with E-state index in [0.29, 0.717) is 12.8 Å². The third-order valence-electron chi connectivity index (χ3n) is 3.71. The van der Waals surface area contributed by atoms with Crippen molar-refractivity contribution < 1.29 is 9.59 Å². The molecule has 1 fully saturated rings. The van der Waals surface area contributed by atoms with Crippen molar-refractivity contribution in [1.29, 1.82) is 0 Å². The summed E-state index contributed by atoms with van der Waals surface area (Å²) in [5.41, 5.74) is 1.90. The highest BCUT2D eigenvalue weighted by Crippen LogP contribution is 2.21. The molecule has 4 nitrogen and oxygen atoms in total. The fourth-order valence-corrected chi connectivity index (χ4v) is 2.33. The number of hydrogen-bond donors (Lipinski definition) is 1. The van der Waals surface area contributed by atoms with Crippen molar-refractivity contribution in [2.24, 2.45) is 0 Å². The molecule has 0 saturated carbocycles. The maximum absolute atomic E-state index is 11.8. The largest absolute Gasteiger partial charge is 0.353 e. The smallest absolute Gasteiger partial charge is 0.227 e. The Bertz CT molecular complexity index is 482. The van der Waals surface area contributed by atoms with Crippen LogP contribution in [0.3, 0.4) is 0 Å². The van der Waals surface area contributed by atoms with Crippen LogP contribution in [0.4, 0.5) is 5.69 Å². The van der Waals surface area contributed by atoms with Gasteiger partial charge in [0.25, 0.3) is 0 Å². The number of hydrogen-bond acceptors (Lipinski definition) is 2. The Labute approximate surface area is 120 Å². The molecule has 1 aromatic rings. The van der Waals surface area contributed by atoms with Crippen molar-refractivity contribution in [2.75, 3.05) is 11.4 Å². The highest BCUT2D eigenvalue weighted by molar-refractivity contribution is 5.95. The van der Waals surface area contributed by atoms with Gasteiger partial charge in [-0.15, -0.1) is 0 Å². The minimum Gasteiger partial charge on any atom is -0.353 e. The fourth-order valence-electron chi connectivity index (χ4n) is 2.33. The van der Waals surface area contributed by atoms with Crippen LogP contribution < -0.4 is 10.2 Å². The first-order valence-electron chi connectivity index (χ1n) is 7.29. The highest BCUT2D eigenvalue weighted by Gasteiger charge is 2.21. The molecule has 0 aliphatic carbocycles. The van der Waals surface area contributed by atoms with Crippen LogP contribution >= 0.6 is 0 Å². The van der Waals surface area contributed by atoms with E-state index in [1.54, 1.807) is 0 Å². The van der Waals surface area contributed by atoms with E-state index >= 15 is 0 Å². The third kappa shape index (κ3) is 3.59. The molecule has 20 heavy (non-hydrogen) atoms. The molecule has 2 rings (SSSR count). The maximum Gasteiger partial charge on any atom is 0.227 e. The van der Waals surface area contributed by atoms with Crippen LogP contribution in [0.2, 0.25) is 0 Å². The maximum atomic E-state index is 11.8. The first kappa shape index (κ1) is 14.6. The van der Waals surface area contributed by atoms with Crippen LogP contribution in [-0.2, 0) is 16.0 Å². The SMILES string of the molecule is CC[C@@H](C)NC(=O)Cc1ccc(N2CCCC2=O)cc1. The Balaban J connectivity index is 1.94. The van der Waals surface area contributed by atoms with Crippen LogP contribution in [0.15, 0.2) is 24.3 Å². The van der Waals surface area contributed by atoms with Gasteiger partial charge in [-0.05, 0) is 37.5 Å². The molecule has 0 aromatic heterocycles. The van der Waals surface area contributed by atoms with Gasteiger partial charge in [0.15, 0.2) is 0 Å². The second-order valence-electron chi connectivity index (χ2n) is 5.37. The predicted octanol–water partition coefficient (Wildman–Crippen LogP) is 2.27. The minimum atomic E-state index is 0.0457. The van der Waals surface area contributed by atoms with Crippen molar-refractivity contribution in [3.8, 4) is 0 Å². The van der Waals surface area contributed by atoms with Crippen LogP contribution in [0.25, 0.3) is 0 Å². The summed E-state index contributed by atoms with van der Waals surface area (Å²) in [4.78, 5) is 25.3. The van der Waals surface area contributed by atoms with E-state index in [0.717, 1.165) is 30.6 Å². The molecule has 0 unspecified atom stereocenters.